The topological polar surface area (TPSA) is 24.7 Å². The lowest BCUT2D eigenvalue weighted by atomic mass is 9.67. The van der Waals surface area contributed by atoms with Crippen LogP contribution in [-0.2, 0) is 5.41 Å². The highest BCUT2D eigenvalue weighted by atomic mass is 32.2. The van der Waals surface area contributed by atoms with Crippen molar-refractivity contribution in [3.63, 3.8) is 0 Å². The van der Waals surface area contributed by atoms with Crippen LogP contribution in [0.4, 0.5) is 11.4 Å². The molecule has 0 heterocycles. The zero-order chi connectivity index (χ0) is 30.6. The van der Waals surface area contributed by atoms with Crippen LogP contribution in [0.2, 0.25) is 0 Å². The van der Waals surface area contributed by atoms with E-state index in [1.54, 1.807) is 23.5 Å². The van der Waals surface area contributed by atoms with Gasteiger partial charge in [-0.2, -0.15) is 0 Å². The Morgan fingerprint density at radius 2 is 0.822 bits per heavy atom. The first-order valence-electron chi connectivity index (χ1n) is 15.0. The van der Waals surface area contributed by atoms with Gasteiger partial charge in [0.2, 0.25) is 0 Å². The van der Waals surface area contributed by atoms with Gasteiger partial charge in [0, 0.05) is 22.2 Å². The molecule has 1 aliphatic rings. The summed E-state index contributed by atoms with van der Waals surface area (Å²) >= 11 is 3.49. The molecule has 0 atom stereocenters. The number of fused-ring (bicyclic) bond motifs is 3. The monoisotopic (exact) mass is 616 g/mol. The van der Waals surface area contributed by atoms with Crippen molar-refractivity contribution in [2.45, 2.75) is 15.2 Å². The lowest BCUT2D eigenvalue weighted by molar-refractivity contribution is 0.768. The maximum Gasteiger partial charge on any atom is 0.0713 e. The molecule has 45 heavy (non-hydrogen) atoms. The van der Waals surface area contributed by atoms with Crippen LogP contribution in [-0.4, -0.2) is 24.9 Å². The fourth-order valence-corrected chi connectivity index (χ4v) is 7.11. The third kappa shape index (κ3) is 5.56. The zero-order valence-electron chi connectivity index (χ0n) is 25.2. The van der Waals surface area contributed by atoms with Gasteiger partial charge in [-0.05, 0) is 106 Å². The summed E-state index contributed by atoms with van der Waals surface area (Å²) in [6, 6.07) is 52.1. The van der Waals surface area contributed by atoms with Crippen LogP contribution in [0.15, 0.2) is 165 Å². The first kappa shape index (κ1) is 29.1. The molecular formula is C41H32N2S2. The second-order valence-corrected chi connectivity index (χ2v) is 12.8. The van der Waals surface area contributed by atoms with Gasteiger partial charge in [0.25, 0.3) is 0 Å². The number of nitrogens with zero attached hydrogens (tertiary/aromatic N) is 2. The van der Waals surface area contributed by atoms with Gasteiger partial charge in [0.15, 0.2) is 0 Å². The molecule has 0 saturated carbocycles. The maximum absolute atomic E-state index is 4.80. The van der Waals surface area contributed by atoms with E-state index in [2.05, 4.69) is 158 Å². The molecule has 6 aromatic carbocycles. The molecule has 0 N–H and O–H groups in total. The lowest BCUT2D eigenvalue weighted by Crippen LogP contribution is -2.28. The first-order valence-corrected chi connectivity index (χ1v) is 17.4. The summed E-state index contributed by atoms with van der Waals surface area (Å²) in [4.78, 5) is 12.1. The minimum absolute atomic E-state index is 0.459. The highest BCUT2D eigenvalue weighted by Gasteiger charge is 2.45. The van der Waals surface area contributed by atoms with Gasteiger partial charge in [-0.3, -0.25) is 9.98 Å². The van der Waals surface area contributed by atoms with Gasteiger partial charge < -0.3 is 0 Å². The average molecular weight is 617 g/mol. The number of hydrogen-bond acceptors (Lipinski definition) is 4. The van der Waals surface area contributed by atoms with E-state index in [-0.39, 0.29) is 0 Å². The smallest absolute Gasteiger partial charge is 0.0713 e. The van der Waals surface area contributed by atoms with Gasteiger partial charge >= 0.3 is 0 Å². The molecule has 218 valence electrons. The fraction of sp³-hybridized carbons (Fsp3) is 0.0732. The molecule has 6 aromatic rings. The fourth-order valence-electron chi connectivity index (χ4n) is 6.30. The molecule has 0 saturated heterocycles. The van der Waals surface area contributed by atoms with E-state index in [9.17, 15) is 0 Å². The summed E-state index contributed by atoms with van der Waals surface area (Å²) in [7, 11) is 0. The normalized spacial score (nSPS) is 13.3. The van der Waals surface area contributed by atoms with Gasteiger partial charge in [-0.1, -0.05) is 97.1 Å². The van der Waals surface area contributed by atoms with Crippen LogP contribution in [0.25, 0.3) is 11.1 Å². The molecule has 2 nitrogen and oxygen atoms in total. The van der Waals surface area contributed by atoms with Crippen LogP contribution < -0.4 is 0 Å². The molecule has 0 radical (unpaired) electrons. The van der Waals surface area contributed by atoms with Gasteiger partial charge in [0.05, 0.1) is 16.8 Å². The molecule has 0 aliphatic heterocycles. The number of aliphatic imine (C=N–C) groups is 2. The van der Waals surface area contributed by atoms with E-state index in [0.29, 0.717) is 0 Å². The van der Waals surface area contributed by atoms with Crippen LogP contribution in [0.3, 0.4) is 0 Å². The Bertz CT molecular complexity index is 1840. The highest BCUT2D eigenvalue weighted by Crippen LogP contribution is 2.56. The molecule has 0 aromatic heterocycles. The molecule has 7 rings (SSSR count). The van der Waals surface area contributed by atoms with Gasteiger partial charge in [-0.25, -0.2) is 0 Å². The SMILES string of the molecule is CSc1ccc(C=Nc2ccc(C3(c4ccc(N=Cc5ccc(SC)cc5)cc4)c4ccccc4-c4ccccc43)cc2)cc1. The van der Waals surface area contributed by atoms with E-state index in [1.807, 2.05) is 12.4 Å². The predicted octanol–water partition coefficient (Wildman–Crippen LogP) is 11.0. The Labute approximate surface area is 274 Å². The van der Waals surface area contributed by atoms with Crippen LogP contribution in [0.1, 0.15) is 33.4 Å². The Hall–Kier alpha value is -4.64. The second kappa shape index (κ2) is 12.8. The van der Waals surface area contributed by atoms with Crippen molar-refractivity contribution in [1.29, 1.82) is 0 Å². The molecule has 0 spiro atoms. The Kier molecular flexibility index (Phi) is 8.25. The average Bonchev–Trinajstić information content (AvgIpc) is 3.42. The van der Waals surface area contributed by atoms with Crippen LogP contribution in [0.5, 0.6) is 0 Å². The maximum atomic E-state index is 4.80. The minimum Gasteiger partial charge on any atom is -0.256 e. The van der Waals surface area contributed by atoms with Crippen molar-refractivity contribution in [3.05, 3.63) is 179 Å². The van der Waals surface area contributed by atoms with Crippen LogP contribution in [0, 0.1) is 0 Å². The van der Waals surface area contributed by atoms with E-state index in [0.717, 1.165) is 22.5 Å². The van der Waals surface area contributed by atoms with Gasteiger partial charge in [0.1, 0.15) is 0 Å². The third-order valence-corrected chi connectivity index (χ3v) is 10.00. The standard InChI is InChI=1S/C41H32N2S2/c1-44-35-23-11-29(12-24-35)27-42-33-19-15-31(16-20-33)41(39-9-5-3-7-37(39)38-8-4-6-10-40(38)41)32-17-21-34(22-18-32)43-28-30-13-25-36(45-2)26-14-30/h3-28H,1-2H3. The molecule has 4 heteroatoms. The van der Waals surface area contributed by atoms with Gasteiger partial charge in [-0.15, -0.1) is 23.5 Å². The largest absolute Gasteiger partial charge is 0.256 e. The van der Waals surface area contributed by atoms with Crippen molar-refractivity contribution in [1.82, 2.24) is 0 Å². The Morgan fingerprint density at radius 1 is 0.444 bits per heavy atom. The Balaban J connectivity index is 1.28. The summed E-state index contributed by atoms with van der Waals surface area (Å²) in [6.45, 7) is 0. The second-order valence-electron chi connectivity index (χ2n) is 11.0. The summed E-state index contributed by atoms with van der Waals surface area (Å²) in [5.41, 5.74) is 11.1. The summed E-state index contributed by atoms with van der Waals surface area (Å²) in [6.07, 6.45) is 8.05. The van der Waals surface area contributed by atoms with Crippen molar-refractivity contribution >= 4 is 47.3 Å². The molecular weight excluding hydrogens is 585 g/mol. The minimum atomic E-state index is -0.459. The number of hydrogen-bond donors (Lipinski definition) is 0. The van der Waals surface area contributed by atoms with E-state index >= 15 is 0 Å². The quantitative estimate of drug-likeness (QED) is 0.125. The predicted molar refractivity (Wildman–Crippen MR) is 195 cm³/mol. The molecule has 0 amide bonds. The summed E-state index contributed by atoms with van der Waals surface area (Å²) in [5, 5.41) is 0. The zero-order valence-corrected chi connectivity index (χ0v) is 26.9. The first-order chi connectivity index (χ1) is 22.2. The third-order valence-electron chi connectivity index (χ3n) is 8.51. The summed E-state index contributed by atoms with van der Waals surface area (Å²) < 4.78 is 0. The summed E-state index contributed by atoms with van der Waals surface area (Å²) in [5.74, 6) is 0. The van der Waals surface area contributed by atoms with Crippen molar-refractivity contribution in [3.8, 4) is 11.1 Å². The van der Waals surface area contributed by atoms with Crippen LogP contribution >= 0.6 is 23.5 Å². The van der Waals surface area contributed by atoms with Crippen molar-refractivity contribution in [2.24, 2.45) is 9.98 Å². The number of benzene rings is 6. The molecule has 0 fully saturated rings. The Morgan fingerprint density at radius 3 is 1.20 bits per heavy atom. The molecule has 0 unspecified atom stereocenters. The van der Waals surface area contributed by atoms with E-state index in [1.165, 1.54) is 43.2 Å². The molecule has 1 aliphatic carbocycles. The van der Waals surface area contributed by atoms with E-state index in [4.69, 9.17) is 9.98 Å². The highest BCUT2D eigenvalue weighted by molar-refractivity contribution is 7.98. The molecule has 0 bridgehead atoms. The number of rotatable bonds is 8. The van der Waals surface area contributed by atoms with Crippen molar-refractivity contribution < 1.29 is 0 Å². The lowest BCUT2D eigenvalue weighted by Gasteiger charge is -2.34. The number of thioether (sulfide) groups is 2. The van der Waals surface area contributed by atoms with Crippen molar-refractivity contribution in [2.75, 3.05) is 12.5 Å². The van der Waals surface area contributed by atoms with E-state index < -0.39 is 5.41 Å².